The van der Waals surface area contributed by atoms with E-state index in [1.165, 1.54) is 7.11 Å². The number of benzene rings is 2. The van der Waals surface area contributed by atoms with Crippen molar-refractivity contribution < 1.29 is 9.53 Å². The molecule has 3 nitrogen and oxygen atoms in total. The van der Waals surface area contributed by atoms with Gasteiger partial charge in [0, 0.05) is 6.54 Å². The molecule has 0 spiro atoms. The van der Waals surface area contributed by atoms with E-state index < -0.39 is 0 Å². The first kappa shape index (κ1) is 13.3. The lowest BCUT2D eigenvalue weighted by Gasteiger charge is -2.06. The van der Waals surface area contributed by atoms with Crippen molar-refractivity contribution in [2.24, 2.45) is 5.73 Å². The number of ether oxygens (including phenoxy) is 1. The van der Waals surface area contributed by atoms with Crippen molar-refractivity contribution in [3.05, 3.63) is 59.7 Å². The predicted molar refractivity (Wildman–Crippen MR) is 75.5 cm³/mol. The molecule has 0 aliphatic heterocycles. The fraction of sp³-hybridized carbons (Fsp3) is 0.188. The fourth-order valence-electron chi connectivity index (χ4n) is 1.93. The van der Waals surface area contributed by atoms with Gasteiger partial charge in [-0.1, -0.05) is 48.5 Å². The van der Waals surface area contributed by atoms with Gasteiger partial charge in [-0.15, -0.1) is 0 Å². The number of esters is 1. The Bertz CT molecular complexity index is 561. The normalized spacial score (nSPS) is 10.2. The van der Waals surface area contributed by atoms with Crippen molar-refractivity contribution in [3.8, 4) is 11.1 Å². The number of nitrogens with two attached hydrogens (primary N) is 1. The minimum Gasteiger partial charge on any atom is -0.469 e. The maximum Gasteiger partial charge on any atom is 0.309 e. The van der Waals surface area contributed by atoms with Crippen LogP contribution in [0.4, 0.5) is 0 Å². The molecule has 0 aliphatic rings. The lowest BCUT2D eigenvalue weighted by molar-refractivity contribution is -0.139. The van der Waals surface area contributed by atoms with E-state index in [2.05, 4.69) is 4.74 Å². The van der Waals surface area contributed by atoms with E-state index in [0.29, 0.717) is 13.0 Å². The van der Waals surface area contributed by atoms with Crippen molar-refractivity contribution in [2.45, 2.75) is 13.0 Å². The van der Waals surface area contributed by atoms with Crippen LogP contribution in [0, 0.1) is 0 Å². The zero-order valence-electron chi connectivity index (χ0n) is 10.9. The van der Waals surface area contributed by atoms with Crippen molar-refractivity contribution >= 4 is 5.97 Å². The highest BCUT2D eigenvalue weighted by atomic mass is 16.5. The number of hydrogen-bond acceptors (Lipinski definition) is 3. The molecule has 2 N–H and O–H groups in total. The van der Waals surface area contributed by atoms with Gasteiger partial charge in [-0.2, -0.15) is 0 Å². The van der Waals surface area contributed by atoms with Gasteiger partial charge in [-0.05, 0) is 22.3 Å². The summed E-state index contributed by atoms with van der Waals surface area (Å²) in [6.45, 7) is 0.544. The van der Waals surface area contributed by atoms with E-state index in [9.17, 15) is 4.79 Å². The molecular formula is C16H17NO2. The third-order valence-electron chi connectivity index (χ3n) is 3.03. The molecule has 0 fully saturated rings. The Kier molecular flexibility index (Phi) is 4.31. The zero-order chi connectivity index (χ0) is 13.7. The number of carbonyl (C=O) groups excluding carboxylic acids is 1. The van der Waals surface area contributed by atoms with Crippen LogP contribution >= 0.6 is 0 Å². The molecule has 0 unspecified atom stereocenters. The lowest BCUT2D eigenvalue weighted by atomic mass is 10.0. The molecule has 0 heterocycles. The number of hydrogen-bond donors (Lipinski definition) is 1. The number of methoxy groups -OCH3 is 1. The Balaban J connectivity index is 2.24. The highest BCUT2D eigenvalue weighted by Gasteiger charge is 2.04. The van der Waals surface area contributed by atoms with E-state index in [1.807, 2.05) is 48.5 Å². The molecule has 0 amide bonds. The second-order valence-corrected chi connectivity index (χ2v) is 4.35. The average molecular weight is 255 g/mol. The summed E-state index contributed by atoms with van der Waals surface area (Å²) in [5, 5.41) is 0. The SMILES string of the molecule is COC(=O)Cc1cccc(-c2ccc(CN)cc2)c1. The average Bonchev–Trinajstić information content (AvgIpc) is 2.47. The Hall–Kier alpha value is -2.13. The smallest absolute Gasteiger partial charge is 0.309 e. The van der Waals surface area contributed by atoms with Gasteiger partial charge < -0.3 is 10.5 Å². The van der Waals surface area contributed by atoms with Crippen LogP contribution in [0.25, 0.3) is 11.1 Å². The van der Waals surface area contributed by atoms with Crippen molar-refractivity contribution in [1.29, 1.82) is 0 Å². The van der Waals surface area contributed by atoms with Crippen molar-refractivity contribution in [2.75, 3.05) is 7.11 Å². The van der Waals surface area contributed by atoms with Crippen LogP contribution in [-0.2, 0) is 22.5 Å². The molecule has 0 aromatic heterocycles. The summed E-state index contributed by atoms with van der Waals surface area (Å²) >= 11 is 0. The van der Waals surface area contributed by atoms with Crippen molar-refractivity contribution in [1.82, 2.24) is 0 Å². The van der Waals surface area contributed by atoms with Gasteiger partial charge in [0.15, 0.2) is 0 Å². The molecule has 0 aliphatic carbocycles. The zero-order valence-corrected chi connectivity index (χ0v) is 10.9. The Morgan fingerprint density at radius 3 is 2.42 bits per heavy atom. The van der Waals surface area contributed by atoms with Crippen LogP contribution < -0.4 is 5.73 Å². The summed E-state index contributed by atoms with van der Waals surface area (Å²) < 4.78 is 4.68. The Morgan fingerprint density at radius 1 is 1.05 bits per heavy atom. The van der Waals surface area contributed by atoms with E-state index in [0.717, 1.165) is 22.3 Å². The third kappa shape index (κ3) is 3.42. The first-order valence-electron chi connectivity index (χ1n) is 6.18. The van der Waals surface area contributed by atoms with Gasteiger partial charge >= 0.3 is 5.97 Å². The van der Waals surface area contributed by atoms with Crippen LogP contribution in [-0.4, -0.2) is 13.1 Å². The van der Waals surface area contributed by atoms with Gasteiger partial charge in [0.25, 0.3) is 0 Å². The molecule has 19 heavy (non-hydrogen) atoms. The number of carbonyl (C=O) groups is 1. The summed E-state index contributed by atoms with van der Waals surface area (Å²) in [5.41, 5.74) is 9.84. The number of rotatable bonds is 4. The molecule has 2 rings (SSSR count). The molecule has 3 heteroatoms. The topological polar surface area (TPSA) is 52.3 Å². The highest BCUT2D eigenvalue weighted by molar-refractivity contribution is 5.73. The lowest BCUT2D eigenvalue weighted by Crippen LogP contribution is -2.04. The summed E-state index contributed by atoms with van der Waals surface area (Å²) in [5.74, 6) is -0.226. The largest absolute Gasteiger partial charge is 0.469 e. The molecule has 0 radical (unpaired) electrons. The molecule has 98 valence electrons. The predicted octanol–water partition coefficient (Wildman–Crippen LogP) is 2.53. The summed E-state index contributed by atoms with van der Waals surface area (Å²) in [6.07, 6.45) is 0.297. The second kappa shape index (κ2) is 6.16. The van der Waals surface area contributed by atoms with Gasteiger partial charge in [-0.25, -0.2) is 0 Å². The van der Waals surface area contributed by atoms with E-state index in [1.54, 1.807) is 0 Å². The van der Waals surface area contributed by atoms with Crippen LogP contribution in [0.2, 0.25) is 0 Å². The maximum atomic E-state index is 11.3. The van der Waals surface area contributed by atoms with Crippen LogP contribution in [0.3, 0.4) is 0 Å². The third-order valence-corrected chi connectivity index (χ3v) is 3.03. The van der Waals surface area contributed by atoms with Crippen LogP contribution in [0.1, 0.15) is 11.1 Å². The first-order chi connectivity index (χ1) is 9.22. The summed E-state index contributed by atoms with van der Waals surface area (Å²) in [6, 6.07) is 16.0. The monoisotopic (exact) mass is 255 g/mol. The Morgan fingerprint density at radius 2 is 1.79 bits per heavy atom. The van der Waals surface area contributed by atoms with Gasteiger partial charge in [-0.3, -0.25) is 4.79 Å². The molecule has 0 bridgehead atoms. The highest BCUT2D eigenvalue weighted by Crippen LogP contribution is 2.21. The van der Waals surface area contributed by atoms with E-state index in [4.69, 9.17) is 5.73 Å². The molecule has 0 saturated heterocycles. The summed E-state index contributed by atoms with van der Waals surface area (Å²) in [4.78, 5) is 11.3. The molecule has 0 atom stereocenters. The maximum absolute atomic E-state index is 11.3. The van der Waals surface area contributed by atoms with Gasteiger partial charge in [0.05, 0.1) is 13.5 Å². The second-order valence-electron chi connectivity index (χ2n) is 4.35. The molecule has 2 aromatic rings. The minimum atomic E-state index is -0.226. The standard InChI is InChI=1S/C16H17NO2/c1-19-16(18)10-13-3-2-4-15(9-13)14-7-5-12(11-17)6-8-14/h2-9H,10-11,17H2,1H3. The van der Waals surface area contributed by atoms with Gasteiger partial charge in [0.1, 0.15) is 0 Å². The van der Waals surface area contributed by atoms with Crippen molar-refractivity contribution in [3.63, 3.8) is 0 Å². The first-order valence-corrected chi connectivity index (χ1v) is 6.18. The van der Waals surface area contributed by atoms with Crippen LogP contribution in [0.5, 0.6) is 0 Å². The summed E-state index contributed by atoms with van der Waals surface area (Å²) in [7, 11) is 1.40. The molecule has 2 aromatic carbocycles. The molecular weight excluding hydrogens is 238 g/mol. The van der Waals surface area contributed by atoms with E-state index in [-0.39, 0.29) is 5.97 Å². The Labute approximate surface area is 113 Å². The quantitative estimate of drug-likeness (QED) is 0.854. The van der Waals surface area contributed by atoms with Gasteiger partial charge in [0.2, 0.25) is 0 Å². The molecule has 0 saturated carbocycles. The van der Waals surface area contributed by atoms with E-state index >= 15 is 0 Å². The minimum absolute atomic E-state index is 0.226. The van der Waals surface area contributed by atoms with Crippen LogP contribution in [0.15, 0.2) is 48.5 Å². The fourth-order valence-corrected chi connectivity index (χ4v) is 1.93.